The van der Waals surface area contributed by atoms with Crippen LogP contribution in [0.1, 0.15) is 15.4 Å². The first-order chi connectivity index (χ1) is 8.18. The van der Waals surface area contributed by atoms with Crippen LogP contribution in [0.25, 0.3) is 0 Å². The zero-order chi connectivity index (χ0) is 12.3. The lowest BCUT2D eigenvalue weighted by Crippen LogP contribution is -2.13. The highest BCUT2D eigenvalue weighted by molar-refractivity contribution is 7.09. The molecule has 4 nitrogen and oxygen atoms in total. The number of benzene rings is 1. The van der Waals surface area contributed by atoms with Crippen molar-refractivity contribution in [2.45, 2.75) is 6.61 Å². The Hall–Kier alpha value is -1.95. The van der Waals surface area contributed by atoms with Crippen molar-refractivity contribution in [2.75, 3.05) is 0 Å². The molecule has 0 aliphatic heterocycles. The molecule has 0 spiro atoms. The molecule has 0 aliphatic rings. The number of carbonyl (C=O) groups is 1. The fourth-order valence-corrected chi connectivity index (χ4v) is 1.80. The van der Waals surface area contributed by atoms with E-state index in [1.54, 1.807) is 11.6 Å². The lowest BCUT2D eigenvalue weighted by molar-refractivity contribution is 0.0995. The number of carbonyl (C=O) groups excluding carboxylic acids is 1. The summed E-state index contributed by atoms with van der Waals surface area (Å²) in [7, 11) is 0. The molecule has 88 valence electrons. The first-order valence-electron chi connectivity index (χ1n) is 4.78. The summed E-state index contributed by atoms with van der Waals surface area (Å²) >= 11 is 1.41. The highest BCUT2D eigenvalue weighted by Crippen LogP contribution is 2.21. The summed E-state index contributed by atoms with van der Waals surface area (Å²) in [6, 6.07) is 4.27. The van der Waals surface area contributed by atoms with Crippen molar-refractivity contribution in [3.8, 4) is 5.75 Å². The summed E-state index contributed by atoms with van der Waals surface area (Å²) < 4.78 is 18.9. The molecule has 0 aliphatic carbocycles. The predicted molar refractivity (Wildman–Crippen MR) is 61.4 cm³/mol. The molecular weight excluding hydrogens is 243 g/mol. The van der Waals surface area contributed by atoms with E-state index >= 15 is 0 Å². The van der Waals surface area contributed by atoms with Crippen LogP contribution in [0.2, 0.25) is 0 Å². The summed E-state index contributed by atoms with van der Waals surface area (Å²) in [6.07, 6.45) is 1.64. The van der Waals surface area contributed by atoms with Crippen molar-refractivity contribution < 1.29 is 13.9 Å². The van der Waals surface area contributed by atoms with Gasteiger partial charge in [0.25, 0.3) is 5.91 Å². The van der Waals surface area contributed by atoms with Gasteiger partial charge in [0, 0.05) is 11.6 Å². The monoisotopic (exact) mass is 252 g/mol. The number of rotatable bonds is 4. The number of amides is 1. The second-order valence-corrected chi connectivity index (χ2v) is 4.18. The molecule has 1 heterocycles. The van der Waals surface area contributed by atoms with Crippen LogP contribution < -0.4 is 10.5 Å². The molecule has 2 rings (SSSR count). The van der Waals surface area contributed by atoms with Gasteiger partial charge >= 0.3 is 0 Å². The lowest BCUT2D eigenvalue weighted by Gasteiger charge is -2.07. The van der Waals surface area contributed by atoms with Crippen LogP contribution >= 0.6 is 11.3 Å². The third kappa shape index (κ3) is 2.59. The van der Waals surface area contributed by atoms with Gasteiger partial charge in [-0.05, 0) is 12.1 Å². The third-order valence-corrected chi connectivity index (χ3v) is 2.82. The molecule has 1 aromatic heterocycles. The van der Waals surface area contributed by atoms with Crippen LogP contribution in [-0.4, -0.2) is 10.9 Å². The minimum Gasteiger partial charge on any atom is -0.483 e. The highest BCUT2D eigenvalue weighted by atomic mass is 32.1. The van der Waals surface area contributed by atoms with E-state index in [1.165, 1.54) is 29.5 Å². The first-order valence-corrected chi connectivity index (χ1v) is 5.66. The average Bonchev–Trinajstić information content (AvgIpc) is 2.80. The number of nitrogens with two attached hydrogens (primary N) is 1. The molecule has 1 aromatic carbocycles. The van der Waals surface area contributed by atoms with Crippen molar-refractivity contribution in [1.29, 1.82) is 0 Å². The Morgan fingerprint density at radius 2 is 2.35 bits per heavy atom. The van der Waals surface area contributed by atoms with E-state index in [4.69, 9.17) is 10.5 Å². The molecule has 0 bridgehead atoms. The van der Waals surface area contributed by atoms with Crippen LogP contribution in [0.15, 0.2) is 29.8 Å². The third-order valence-electron chi connectivity index (χ3n) is 2.06. The summed E-state index contributed by atoms with van der Waals surface area (Å²) in [4.78, 5) is 14.9. The van der Waals surface area contributed by atoms with E-state index in [9.17, 15) is 9.18 Å². The first kappa shape index (κ1) is 11.5. The largest absolute Gasteiger partial charge is 0.483 e. The fourth-order valence-electron chi connectivity index (χ4n) is 1.28. The Kier molecular flexibility index (Phi) is 3.34. The van der Waals surface area contributed by atoms with Gasteiger partial charge in [0.15, 0.2) is 11.6 Å². The maximum Gasteiger partial charge on any atom is 0.251 e. The van der Waals surface area contributed by atoms with Crippen LogP contribution in [0.5, 0.6) is 5.75 Å². The smallest absolute Gasteiger partial charge is 0.251 e. The normalized spacial score (nSPS) is 10.2. The van der Waals surface area contributed by atoms with E-state index in [-0.39, 0.29) is 17.9 Å². The van der Waals surface area contributed by atoms with Crippen molar-refractivity contribution in [2.24, 2.45) is 5.73 Å². The maximum absolute atomic E-state index is 13.7. The summed E-state index contributed by atoms with van der Waals surface area (Å²) in [5.41, 5.74) is 4.85. The Balaban J connectivity index is 2.16. The Morgan fingerprint density at radius 1 is 1.53 bits per heavy atom. The van der Waals surface area contributed by atoms with E-state index in [1.807, 2.05) is 0 Å². The molecule has 6 heteroatoms. The number of hydrogen-bond donors (Lipinski definition) is 1. The number of thiazole rings is 1. The number of ether oxygens (including phenoxy) is 1. The van der Waals surface area contributed by atoms with E-state index in [0.29, 0.717) is 0 Å². The zero-order valence-corrected chi connectivity index (χ0v) is 9.54. The minimum absolute atomic E-state index is 0.00324. The topological polar surface area (TPSA) is 65.2 Å². The fraction of sp³-hybridized carbons (Fsp3) is 0.0909. The van der Waals surface area contributed by atoms with Gasteiger partial charge in [-0.2, -0.15) is 0 Å². The van der Waals surface area contributed by atoms with Gasteiger partial charge < -0.3 is 10.5 Å². The molecule has 1 amide bonds. The van der Waals surface area contributed by atoms with E-state index in [2.05, 4.69) is 4.98 Å². The summed E-state index contributed by atoms with van der Waals surface area (Å²) in [5.74, 6) is -1.56. The molecule has 2 aromatic rings. The summed E-state index contributed by atoms with van der Waals surface area (Å²) in [5, 5.41) is 2.53. The second kappa shape index (κ2) is 4.92. The van der Waals surface area contributed by atoms with E-state index < -0.39 is 11.7 Å². The molecule has 0 fully saturated rings. The number of nitrogens with zero attached hydrogens (tertiary/aromatic N) is 1. The lowest BCUT2D eigenvalue weighted by atomic mass is 10.2. The summed E-state index contributed by atoms with van der Waals surface area (Å²) in [6.45, 7) is 0.163. The molecule has 2 N–H and O–H groups in total. The van der Waals surface area contributed by atoms with Crippen molar-refractivity contribution in [3.63, 3.8) is 0 Å². The quantitative estimate of drug-likeness (QED) is 0.904. The SMILES string of the molecule is NC(=O)c1cccc(OCc2nccs2)c1F. The second-order valence-electron chi connectivity index (χ2n) is 3.20. The van der Waals surface area contributed by atoms with Crippen LogP contribution in [0.3, 0.4) is 0 Å². The maximum atomic E-state index is 13.7. The van der Waals surface area contributed by atoms with Gasteiger partial charge in [-0.3, -0.25) is 4.79 Å². The van der Waals surface area contributed by atoms with E-state index in [0.717, 1.165) is 5.01 Å². The molecule has 0 saturated heterocycles. The van der Waals surface area contributed by atoms with Crippen molar-refractivity contribution in [1.82, 2.24) is 4.98 Å². The van der Waals surface area contributed by atoms with Gasteiger partial charge in [-0.25, -0.2) is 9.37 Å². The van der Waals surface area contributed by atoms with Crippen LogP contribution in [0.4, 0.5) is 4.39 Å². The molecule has 17 heavy (non-hydrogen) atoms. The molecule has 0 unspecified atom stereocenters. The minimum atomic E-state index is -0.817. The molecule has 0 atom stereocenters. The highest BCUT2D eigenvalue weighted by Gasteiger charge is 2.13. The number of primary amides is 1. The van der Waals surface area contributed by atoms with Crippen LogP contribution in [-0.2, 0) is 6.61 Å². The van der Waals surface area contributed by atoms with Crippen LogP contribution in [0, 0.1) is 5.82 Å². The predicted octanol–water partition coefficient (Wildman–Crippen LogP) is 1.96. The zero-order valence-electron chi connectivity index (χ0n) is 8.72. The van der Waals surface area contributed by atoms with Gasteiger partial charge in [-0.1, -0.05) is 6.07 Å². The molecule has 0 radical (unpaired) electrons. The van der Waals surface area contributed by atoms with Gasteiger partial charge in [0.1, 0.15) is 11.6 Å². The molecular formula is C11H9FN2O2S. The Bertz CT molecular complexity index is 528. The van der Waals surface area contributed by atoms with Crippen molar-refractivity contribution in [3.05, 3.63) is 46.2 Å². The van der Waals surface area contributed by atoms with Crippen molar-refractivity contribution >= 4 is 17.2 Å². The van der Waals surface area contributed by atoms with Gasteiger partial charge in [-0.15, -0.1) is 11.3 Å². The molecule has 0 saturated carbocycles. The average molecular weight is 252 g/mol. The number of hydrogen-bond acceptors (Lipinski definition) is 4. The Morgan fingerprint density at radius 3 is 3.00 bits per heavy atom. The van der Waals surface area contributed by atoms with Gasteiger partial charge in [0.05, 0.1) is 5.56 Å². The standard InChI is InChI=1S/C11H9FN2O2S/c12-10-7(11(13)15)2-1-3-8(10)16-6-9-14-4-5-17-9/h1-5H,6H2,(H2,13,15). The Labute approximate surface area is 101 Å². The number of halogens is 1. The van der Waals surface area contributed by atoms with Gasteiger partial charge in [0.2, 0.25) is 0 Å². The number of aromatic nitrogens is 1.